The van der Waals surface area contributed by atoms with Gasteiger partial charge in [-0.05, 0) is 19.1 Å². The molecule has 1 aliphatic heterocycles. The van der Waals surface area contributed by atoms with Crippen LogP contribution in [0.3, 0.4) is 0 Å². The van der Waals surface area contributed by atoms with Gasteiger partial charge >= 0.3 is 0 Å². The Labute approximate surface area is 116 Å². The average Bonchev–Trinajstić information content (AvgIpc) is 3.09. The maximum Gasteiger partial charge on any atom is 0.227 e. The lowest BCUT2D eigenvalue weighted by atomic mass is 10.1. The summed E-state index contributed by atoms with van der Waals surface area (Å²) in [4.78, 5) is 18.0. The number of hydrogen-bond donors (Lipinski definition) is 0. The van der Waals surface area contributed by atoms with Crippen LogP contribution in [0.1, 0.15) is 25.1 Å². The molecule has 0 radical (unpaired) electrons. The third kappa shape index (κ3) is 2.24. The van der Waals surface area contributed by atoms with Crippen LogP contribution in [0, 0.1) is 0 Å². The molecule has 1 unspecified atom stereocenters. The molecule has 0 N–H and O–H groups in total. The summed E-state index contributed by atoms with van der Waals surface area (Å²) in [6.45, 7) is 3.03. The van der Waals surface area contributed by atoms with Crippen LogP contribution in [0.4, 0.5) is 5.69 Å². The molecule has 6 nitrogen and oxygen atoms in total. The largest absolute Gasteiger partial charge is 0.492 e. The van der Waals surface area contributed by atoms with E-state index in [0.29, 0.717) is 25.4 Å². The molecular weight excluding hydrogens is 258 g/mol. The average molecular weight is 273 g/mol. The van der Waals surface area contributed by atoms with Gasteiger partial charge in [0, 0.05) is 18.9 Å². The molecule has 1 amide bonds. The molecule has 2 heterocycles. The number of anilines is 1. The first-order valence-corrected chi connectivity index (χ1v) is 6.58. The van der Waals surface area contributed by atoms with E-state index in [1.165, 1.54) is 6.39 Å². The standard InChI is InChI=1S/C14H15N3O3/c1-2-19-12-6-4-3-5-11(12)17-8-10(7-13(17)18)14-15-9-20-16-14/h3-6,9-10H,2,7-8H2,1H3. The van der Waals surface area contributed by atoms with Crippen molar-refractivity contribution in [2.75, 3.05) is 18.1 Å². The highest BCUT2D eigenvalue weighted by Gasteiger charge is 2.35. The minimum absolute atomic E-state index is 0.0315. The molecule has 0 spiro atoms. The molecule has 0 saturated carbocycles. The van der Waals surface area contributed by atoms with Crippen LogP contribution in [0.2, 0.25) is 0 Å². The second-order valence-electron chi connectivity index (χ2n) is 4.60. The Morgan fingerprint density at radius 3 is 3.05 bits per heavy atom. The topological polar surface area (TPSA) is 68.5 Å². The molecule has 0 bridgehead atoms. The summed E-state index contributed by atoms with van der Waals surface area (Å²) in [5, 5.41) is 3.82. The molecule has 3 rings (SSSR count). The van der Waals surface area contributed by atoms with E-state index in [9.17, 15) is 4.79 Å². The maximum absolute atomic E-state index is 12.2. The minimum Gasteiger partial charge on any atom is -0.492 e. The molecule has 104 valence electrons. The fourth-order valence-corrected chi connectivity index (χ4v) is 2.43. The van der Waals surface area contributed by atoms with Crippen LogP contribution in [0.15, 0.2) is 35.2 Å². The summed E-state index contributed by atoms with van der Waals surface area (Å²) < 4.78 is 10.3. The number of hydrogen-bond acceptors (Lipinski definition) is 5. The lowest BCUT2D eigenvalue weighted by Crippen LogP contribution is -2.25. The van der Waals surface area contributed by atoms with Crippen molar-refractivity contribution in [1.82, 2.24) is 10.1 Å². The van der Waals surface area contributed by atoms with Crippen molar-refractivity contribution in [2.45, 2.75) is 19.3 Å². The molecule has 1 aromatic carbocycles. The van der Waals surface area contributed by atoms with Crippen molar-refractivity contribution in [3.8, 4) is 5.75 Å². The van der Waals surface area contributed by atoms with E-state index in [1.54, 1.807) is 4.90 Å². The molecule has 20 heavy (non-hydrogen) atoms. The van der Waals surface area contributed by atoms with Crippen molar-refractivity contribution in [3.05, 3.63) is 36.5 Å². The third-order valence-electron chi connectivity index (χ3n) is 3.32. The normalized spacial score (nSPS) is 18.6. The number of aromatic nitrogens is 2. The van der Waals surface area contributed by atoms with E-state index in [0.717, 1.165) is 11.4 Å². The van der Waals surface area contributed by atoms with Gasteiger partial charge in [0.2, 0.25) is 12.3 Å². The van der Waals surface area contributed by atoms with Gasteiger partial charge in [0.15, 0.2) is 5.82 Å². The number of benzene rings is 1. The zero-order chi connectivity index (χ0) is 13.9. The SMILES string of the molecule is CCOc1ccccc1N1CC(c2ncon2)CC1=O. The first-order valence-electron chi connectivity index (χ1n) is 6.58. The Balaban J connectivity index is 1.86. The molecule has 1 fully saturated rings. The Hall–Kier alpha value is -2.37. The molecule has 0 aliphatic carbocycles. The van der Waals surface area contributed by atoms with Crippen LogP contribution in [-0.2, 0) is 4.79 Å². The van der Waals surface area contributed by atoms with Crippen molar-refractivity contribution >= 4 is 11.6 Å². The van der Waals surface area contributed by atoms with Gasteiger partial charge in [-0.3, -0.25) is 4.79 Å². The molecule has 1 atom stereocenters. The van der Waals surface area contributed by atoms with Crippen LogP contribution in [0.25, 0.3) is 0 Å². The molecule has 1 aromatic heterocycles. The van der Waals surface area contributed by atoms with Crippen LogP contribution < -0.4 is 9.64 Å². The highest BCUT2D eigenvalue weighted by molar-refractivity contribution is 5.97. The lowest BCUT2D eigenvalue weighted by Gasteiger charge is -2.19. The number of rotatable bonds is 4. The summed E-state index contributed by atoms with van der Waals surface area (Å²) in [7, 11) is 0. The molecular formula is C14H15N3O3. The van der Waals surface area contributed by atoms with Gasteiger partial charge in [0.05, 0.1) is 12.3 Å². The number of nitrogens with zero attached hydrogens (tertiary/aromatic N) is 3. The number of para-hydroxylation sites is 2. The van der Waals surface area contributed by atoms with E-state index < -0.39 is 0 Å². The van der Waals surface area contributed by atoms with Crippen molar-refractivity contribution in [1.29, 1.82) is 0 Å². The Morgan fingerprint density at radius 2 is 2.30 bits per heavy atom. The highest BCUT2D eigenvalue weighted by atomic mass is 16.5. The molecule has 1 saturated heterocycles. The van der Waals surface area contributed by atoms with Gasteiger partial charge in [0.1, 0.15) is 5.75 Å². The number of carbonyl (C=O) groups is 1. The fourth-order valence-electron chi connectivity index (χ4n) is 2.43. The van der Waals surface area contributed by atoms with E-state index in [4.69, 9.17) is 9.26 Å². The monoisotopic (exact) mass is 273 g/mol. The number of ether oxygens (including phenoxy) is 1. The van der Waals surface area contributed by atoms with Crippen LogP contribution >= 0.6 is 0 Å². The summed E-state index contributed by atoms with van der Waals surface area (Å²) >= 11 is 0. The predicted molar refractivity (Wildman–Crippen MR) is 71.6 cm³/mol. The van der Waals surface area contributed by atoms with E-state index in [1.807, 2.05) is 31.2 Å². The third-order valence-corrected chi connectivity index (χ3v) is 3.32. The van der Waals surface area contributed by atoms with E-state index in [2.05, 4.69) is 10.1 Å². The van der Waals surface area contributed by atoms with Crippen LogP contribution in [-0.4, -0.2) is 29.2 Å². The number of carbonyl (C=O) groups excluding carboxylic acids is 1. The van der Waals surface area contributed by atoms with Crippen molar-refractivity contribution < 1.29 is 14.1 Å². The Kier molecular flexibility index (Phi) is 3.37. The fraction of sp³-hybridized carbons (Fsp3) is 0.357. The van der Waals surface area contributed by atoms with E-state index in [-0.39, 0.29) is 11.8 Å². The maximum atomic E-state index is 12.2. The van der Waals surface area contributed by atoms with Crippen LogP contribution in [0.5, 0.6) is 5.75 Å². The Bertz CT molecular complexity index is 597. The van der Waals surface area contributed by atoms with Gasteiger partial charge in [-0.2, -0.15) is 4.98 Å². The summed E-state index contributed by atoms with van der Waals surface area (Å²) in [6, 6.07) is 7.55. The highest BCUT2D eigenvalue weighted by Crippen LogP contribution is 2.35. The molecule has 2 aromatic rings. The number of amides is 1. The summed E-state index contributed by atoms with van der Waals surface area (Å²) in [5.74, 6) is 1.31. The summed E-state index contributed by atoms with van der Waals surface area (Å²) in [6.07, 6.45) is 1.68. The quantitative estimate of drug-likeness (QED) is 0.852. The smallest absolute Gasteiger partial charge is 0.227 e. The van der Waals surface area contributed by atoms with Gasteiger partial charge in [-0.25, -0.2) is 0 Å². The predicted octanol–water partition coefficient (Wildman–Crippen LogP) is 1.99. The van der Waals surface area contributed by atoms with Gasteiger partial charge in [-0.1, -0.05) is 17.3 Å². The van der Waals surface area contributed by atoms with Crippen molar-refractivity contribution in [2.24, 2.45) is 0 Å². The minimum atomic E-state index is -0.0315. The van der Waals surface area contributed by atoms with Gasteiger partial charge in [0.25, 0.3) is 0 Å². The van der Waals surface area contributed by atoms with E-state index >= 15 is 0 Å². The first kappa shape index (κ1) is 12.7. The van der Waals surface area contributed by atoms with Gasteiger partial charge < -0.3 is 14.2 Å². The zero-order valence-corrected chi connectivity index (χ0v) is 11.2. The second kappa shape index (κ2) is 5.32. The lowest BCUT2D eigenvalue weighted by molar-refractivity contribution is -0.117. The summed E-state index contributed by atoms with van der Waals surface area (Å²) in [5.41, 5.74) is 0.797. The van der Waals surface area contributed by atoms with Crippen molar-refractivity contribution in [3.63, 3.8) is 0 Å². The second-order valence-corrected chi connectivity index (χ2v) is 4.60. The first-order chi connectivity index (χ1) is 9.79. The molecule has 1 aliphatic rings. The molecule has 6 heteroatoms. The zero-order valence-electron chi connectivity index (χ0n) is 11.2. The van der Waals surface area contributed by atoms with Gasteiger partial charge in [-0.15, -0.1) is 0 Å². The Morgan fingerprint density at radius 1 is 1.45 bits per heavy atom.